The summed E-state index contributed by atoms with van der Waals surface area (Å²) < 4.78 is 15.6. The first-order valence-corrected chi connectivity index (χ1v) is 5.88. The largest absolute Gasteiger partial charge is 0.383 e. The molecule has 0 saturated heterocycles. The molecule has 0 atom stereocenters. The molecule has 1 saturated carbocycles. The topological polar surface area (TPSA) is 69.4 Å². The smallest absolute Gasteiger partial charge is 0.240 e. The molecule has 0 radical (unpaired) electrons. The second kappa shape index (κ2) is 5.57. The lowest BCUT2D eigenvalue weighted by atomic mass is 9.79. The van der Waals surface area contributed by atoms with Crippen LogP contribution in [0.2, 0.25) is 0 Å². The predicted octanol–water partition coefficient (Wildman–Crippen LogP) is 0.831. The van der Waals surface area contributed by atoms with Crippen molar-refractivity contribution >= 4 is 0 Å². The summed E-state index contributed by atoms with van der Waals surface area (Å²) in [5, 5.41) is 7.16. The monoisotopic (exact) mass is 241 g/mol. The maximum atomic E-state index is 5.49. The Balaban J connectivity index is 1.87. The molecule has 1 aliphatic rings. The molecule has 0 aliphatic heterocycles. The summed E-state index contributed by atoms with van der Waals surface area (Å²) >= 11 is 0. The van der Waals surface area contributed by atoms with E-state index in [4.69, 9.17) is 14.0 Å². The molecule has 1 aromatic rings. The molecule has 0 unspecified atom stereocenters. The van der Waals surface area contributed by atoms with Gasteiger partial charge in [0.25, 0.3) is 0 Å². The number of hydrogen-bond acceptors (Lipinski definition) is 6. The van der Waals surface area contributed by atoms with Crippen molar-refractivity contribution in [1.82, 2.24) is 15.5 Å². The van der Waals surface area contributed by atoms with Crippen molar-refractivity contribution in [3.63, 3.8) is 0 Å². The Bertz CT molecular complexity index is 344. The predicted molar refractivity (Wildman–Crippen MR) is 60.4 cm³/mol. The van der Waals surface area contributed by atoms with Crippen LogP contribution in [-0.4, -0.2) is 37.5 Å². The minimum Gasteiger partial charge on any atom is -0.383 e. The molecule has 17 heavy (non-hydrogen) atoms. The number of aromatic nitrogens is 2. The molecule has 1 fully saturated rings. The summed E-state index contributed by atoms with van der Waals surface area (Å²) in [5.41, 5.74) is -0.297. The average molecular weight is 241 g/mol. The van der Waals surface area contributed by atoms with E-state index in [9.17, 15) is 0 Å². The summed E-state index contributed by atoms with van der Waals surface area (Å²) in [6.45, 7) is 2.00. The highest BCUT2D eigenvalue weighted by atomic mass is 16.5. The van der Waals surface area contributed by atoms with Gasteiger partial charge in [0.2, 0.25) is 11.7 Å². The van der Waals surface area contributed by atoms with Crippen molar-refractivity contribution in [2.24, 2.45) is 0 Å². The number of rotatable bonds is 7. The van der Waals surface area contributed by atoms with Gasteiger partial charge in [-0.1, -0.05) is 5.16 Å². The molecular formula is C11H19N3O3. The number of nitrogens with one attached hydrogen (secondary N) is 1. The molecule has 0 amide bonds. The summed E-state index contributed by atoms with van der Waals surface area (Å²) in [7, 11) is 3.37. The van der Waals surface area contributed by atoms with Crippen LogP contribution in [0.3, 0.4) is 0 Å². The van der Waals surface area contributed by atoms with Crippen molar-refractivity contribution < 1.29 is 14.0 Å². The van der Waals surface area contributed by atoms with E-state index < -0.39 is 0 Å². The molecule has 0 aromatic carbocycles. The van der Waals surface area contributed by atoms with E-state index >= 15 is 0 Å². The van der Waals surface area contributed by atoms with Gasteiger partial charge in [0, 0.05) is 20.8 Å². The molecule has 96 valence electrons. The molecule has 6 heteroatoms. The Morgan fingerprint density at radius 1 is 1.41 bits per heavy atom. The molecular weight excluding hydrogens is 222 g/mol. The first-order valence-electron chi connectivity index (χ1n) is 5.88. The van der Waals surface area contributed by atoms with Gasteiger partial charge in [0.05, 0.1) is 13.2 Å². The molecule has 1 heterocycles. The van der Waals surface area contributed by atoms with Crippen molar-refractivity contribution in [1.29, 1.82) is 0 Å². The van der Waals surface area contributed by atoms with E-state index in [1.54, 1.807) is 14.2 Å². The van der Waals surface area contributed by atoms with Gasteiger partial charge in [0.15, 0.2) is 0 Å². The van der Waals surface area contributed by atoms with Gasteiger partial charge in [-0.15, -0.1) is 0 Å². The van der Waals surface area contributed by atoms with Gasteiger partial charge in [0.1, 0.15) is 5.60 Å². The summed E-state index contributed by atoms with van der Waals surface area (Å²) in [5.74, 6) is 1.27. The van der Waals surface area contributed by atoms with E-state index in [1.807, 2.05) is 0 Å². The standard InChI is InChI=1S/C11H19N3O3/c1-15-7-6-12-8-9-13-10(14-17-9)11(16-2)4-3-5-11/h12H,3-8H2,1-2H3. The lowest BCUT2D eigenvalue weighted by Crippen LogP contribution is -2.37. The maximum absolute atomic E-state index is 5.49. The number of ether oxygens (including phenoxy) is 2. The molecule has 0 spiro atoms. The zero-order valence-electron chi connectivity index (χ0n) is 10.4. The Kier molecular flexibility index (Phi) is 4.09. The Morgan fingerprint density at radius 2 is 2.24 bits per heavy atom. The maximum Gasteiger partial charge on any atom is 0.240 e. The third-order valence-corrected chi connectivity index (χ3v) is 3.19. The van der Waals surface area contributed by atoms with Crippen LogP contribution in [0.4, 0.5) is 0 Å². The average Bonchev–Trinajstić information content (AvgIpc) is 2.73. The molecule has 1 N–H and O–H groups in total. The quantitative estimate of drug-likeness (QED) is 0.713. The second-order valence-corrected chi connectivity index (χ2v) is 4.23. The highest BCUT2D eigenvalue weighted by molar-refractivity contribution is 5.06. The SMILES string of the molecule is COCCNCc1nc(C2(OC)CCC2)no1. The second-order valence-electron chi connectivity index (χ2n) is 4.23. The Labute approximate surface area is 101 Å². The van der Waals surface area contributed by atoms with E-state index in [2.05, 4.69) is 15.5 Å². The van der Waals surface area contributed by atoms with Crippen LogP contribution >= 0.6 is 0 Å². The van der Waals surface area contributed by atoms with Crippen LogP contribution in [0.15, 0.2) is 4.52 Å². The summed E-state index contributed by atoms with van der Waals surface area (Å²) in [6.07, 6.45) is 3.10. The van der Waals surface area contributed by atoms with E-state index in [-0.39, 0.29) is 5.60 Å². The van der Waals surface area contributed by atoms with Gasteiger partial charge < -0.3 is 19.3 Å². The number of methoxy groups -OCH3 is 2. The fraction of sp³-hybridized carbons (Fsp3) is 0.818. The zero-order valence-corrected chi connectivity index (χ0v) is 10.4. The van der Waals surface area contributed by atoms with Gasteiger partial charge in [-0.3, -0.25) is 0 Å². The van der Waals surface area contributed by atoms with Crippen molar-refractivity contribution in [2.45, 2.75) is 31.4 Å². The third kappa shape index (κ3) is 2.65. The Hall–Kier alpha value is -0.980. The lowest BCUT2D eigenvalue weighted by molar-refractivity contribution is -0.0858. The fourth-order valence-corrected chi connectivity index (χ4v) is 1.90. The fourth-order valence-electron chi connectivity index (χ4n) is 1.90. The minimum absolute atomic E-state index is 0.297. The normalized spacial score (nSPS) is 18.0. The van der Waals surface area contributed by atoms with Crippen LogP contribution in [0.1, 0.15) is 31.0 Å². The van der Waals surface area contributed by atoms with Crippen LogP contribution in [0, 0.1) is 0 Å². The van der Waals surface area contributed by atoms with E-state index in [0.717, 1.165) is 25.8 Å². The van der Waals surface area contributed by atoms with Crippen molar-refractivity contribution in [3.05, 3.63) is 11.7 Å². The first-order chi connectivity index (χ1) is 8.30. The van der Waals surface area contributed by atoms with Gasteiger partial charge in [-0.25, -0.2) is 0 Å². The van der Waals surface area contributed by atoms with Crippen LogP contribution in [0.25, 0.3) is 0 Å². The molecule has 6 nitrogen and oxygen atoms in total. The third-order valence-electron chi connectivity index (χ3n) is 3.19. The zero-order chi connectivity index (χ0) is 12.1. The number of nitrogens with zero attached hydrogens (tertiary/aromatic N) is 2. The first kappa shape index (κ1) is 12.5. The number of hydrogen-bond donors (Lipinski definition) is 1. The molecule has 1 aliphatic carbocycles. The summed E-state index contributed by atoms with van der Waals surface area (Å²) in [4.78, 5) is 4.37. The molecule has 0 bridgehead atoms. The van der Waals surface area contributed by atoms with Gasteiger partial charge in [-0.05, 0) is 19.3 Å². The van der Waals surface area contributed by atoms with Crippen LogP contribution in [0.5, 0.6) is 0 Å². The molecule has 2 rings (SSSR count). The summed E-state index contributed by atoms with van der Waals surface area (Å²) in [6, 6.07) is 0. The van der Waals surface area contributed by atoms with Crippen molar-refractivity contribution in [3.8, 4) is 0 Å². The van der Waals surface area contributed by atoms with Crippen LogP contribution < -0.4 is 5.32 Å². The highest BCUT2D eigenvalue weighted by Gasteiger charge is 2.43. The highest BCUT2D eigenvalue weighted by Crippen LogP contribution is 2.42. The minimum atomic E-state index is -0.297. The van der Waals surface area contributed by atoms with Gasteiger partial charge in [-0.2, -0.15) is 4.98 Å². The van der Waals surface area contributed by atoms with Gasteiger partial charge >= 0.3 is 0 Å². The Morgan fingerprint density at radius 3 is 2.82 bits per heavy atom. The lowest BCUT2D eigenvalue weighted by Gasteiger charge is -2.37. The van der Waals surface area contributed by atoms with E-state index in [1.165, 1.54) is 0 Å². The van der Waals surface area contributed by atoms with E-state index in [0.29, 0.717) is 24.9 Å². The van der Waals surface area contributed by atoms with Crippen molar-refractivity contribution in [2.75, 3.05) is 27.4 Å². The molecule has 1 aromatic heterocycles. The van der Waals surface area contributed by atoms with Crippen LogP contribution in [-0.2, 0) is 21.6 Å².